The van der Waals surface area contributed by atoms with Gasteiger partial charge in [0.1, 0.15) is 0 Å². The minimum absolute atomic E-state index is 0.362. The molecule has 0 fully saturated rings. The molecule has 0 spiro atoms. The van der Waals surface area contributed by atoms with Gasteiger partial charge in [0.25, 0.3) is 0 Å². The molecule has 0 aromatic rings. The number of ether oxygens (including phenoxy) is 1. The highest BCUT2D eigenvalue weighted by Crippen LogP contribution is 2.14. The molecule has 1 aliphatic rings. The Bertz CT molecular complexity index is 239. The number of esters is 1. The minimum Gasteiger partial charge on any atom is -0.462 e. The van der Waals surface area contributed by atoms with Gasteiger partial charge in [0.15, 0.2) is 0 Å². The van der Waals surface area contributed by atoms with Crippen LogP contribution in [-0.4, -0.2) is 23.3 Å². The molecule has 0 aliphatic carbocycles. The first-order valence-corrected chi connectivity index (χ1v) is 4.20. The van der Waals surface area contributed by atoms with Crippen molar-refractivity contribution in [3.05, 3.63) is 11.0 Å². The van der Waals surface area contributed by atoms with Crippen LogP contribution >= 0.6 is 11.9 Å². The van der Waals surface area contributed by atoms with E-state index in [4.69, 9.17) is 10.6 Å². The van der Waals surface area contributed by atoms with Gasteiger partial charge in [-0.1, -0.05) is 0 Å². The van der Waals surface area contributed by atoms with Gasteiger partial charge in [0.2, 0.25) is 0 Å². The highest BCUT2D eigenvalue weighted by Gasteiger charge is 2.11. The lowest BCUT2D eigenvalue weighted by Crippen LogP contribution is -2.20. The predicted molar refractivity (Wildman–Crippen MR) is 46.8 cm³/mol. The number of hydrogen-bond donors (Lipinski definition) is 1. The molecule has 1 aliphatic heterocycles. The molecule has 0 bridgehead atoms. The standard InChI is InChI=1S/C6H9N3O2S/c1-2-11-6(10)5-3-8-9(7)12-4-5/h3-4H,2,7H2,1H3. The molecule has 1 heterocycles. The van der Waals surface area contributed by atoms with Crippen molar-refractivity contribution < 1.29 is 9.53 Å². The Morgan fingerprint density at radius 3 is 3.17 bits per heavy atom. The molecule has 5 nitrogen and oxygen atoms in total. The fourth-order valence-electron chi connectivity index (χ4n) is 0.603. The van der Waals surface area contributed by atoms with Crippen LogP contribution in [0.5, 0.6) is 0 Å². The fraction of sp³-hybridized carbons (Fsp3) is 0.333. The maximum Gasteiger partial charge on any atom is 0.340 e. The molecule has 0 aromatic carbocycles. The largest absolute Gasteiger partial charge is 0.462 e. The van der Waals surface area contributed by atoms with E-state index in [9.17, 15) is 4.79 Å². The summed E-state index contributed by atoms with van der Waals surface area (Å²) in [5, 5.41) is 5.28. The Morgan fingerprint density at radius 2 is 2.67 bits per heavy atom. The van der Waals surface area contributed by atoms with E-state index in [0.29, 0.717) is 12.2 Å². The second kappa shape index (κ2) is 4.13. The summed E-state index contributed by atoms with van der Waals surface area (Å²) in [6.45, 7) is 2.11. The number of rotatable bonds is 2. The highest BCUT2D eigenvalue weighted by molar-refractivity contribution is 7.99. The van der Waals surface area contributed by atoms with Gasteiger partial charge < -0.3 is 4.74 Å². The molecule has 66 valence electrons. The molecule has 2 N–H and O–H groups in total. The van der Waals surface area contributed by atoms with E-state index in [1.807, 2.05) is 0 Å². The highest BCUT2D eigenvalue weighted by atomic mass is 32.2. The SMILES string of the molecule is CCOC(=O)C1=CSN(N)N=C1. The van der Waals surface area contributed by atoms with Gasteiger partial charge in [-0.05, 0) is 6.92 Å². The number of nitrogens with two attached hydrogens (primary N) is 1. The second-order valence-corrected chi connectivity index (χ2v) is 2.77. The number of hydrazone groups is 1. The predicted octanol–water partition coefficient (Wildman–Crippen LogP) is 0.257. The summed E-state index contributed by atoms with van der Waals surface area (Å²) in [6, 6.07) is 0. The quantitative estimate of drug-likeness (QED) is 0.381. The molecule has 0 unspecified atom stereocenters. The zero-order valence-electron chi connectivity index (χ0n) is 6.56. The molecule has 0 amide bonds. The number of hydrogen-bond acceptors (Lipinski definition) is 6. The summed E-state index contributed by atoms with van der Waals surface area (Å²) >= 11 is 1.13. The molecule has 0 aromatic heterocycles. The fourth-order valence-corrected chi connectivity index (χ4v) is 1.08. The van der Waals surface area contributed by atoms with E-state index < -0.39 is 0 Å². The van der Waals surface area contributed by atoms with Crippen LogP contribution in [0.3, 0.4) is 0 Å². The van der Waals surface area contributed by atoms with Gasteiger partial charge in [0, 0.05) is 17.4 Å². The van der Waals surface area contributed by atoms with Crippen molar-refractivity contribution in [3.8, 4) is 0 Å². The van der Waals surface area contributed by atoms with Gasteiger partial charge in [-0.2, -0.15) is 9.62 Å². The summed E-state index contributed by atoms with van der Waals surface area (Å²) in [5.41, 5.74) is 0.420. The van der Waals surface area contributed by atoms with E-state index in [1.54, 1.807) is 12.3 Å². The molecular formula is C6H9N3O2S. The van der Waals surface area contributed by atoms with Crippen molar-refractivity contribution in [2.45, 2.75) is 6.92 Å². The Labute approximate surface area is 74.3 Å². The van der Waals surface area contributed by atoms with E-state index in [2.05, 4.69) is 5.10 Å². The minimum atomic E-state index is -0.373. The summed E-state index contributed by atoms with van der Waals surface area (Å²) in [4.78, 5) is 11.1. The molecular weight excluding hydrogens is 178 g/mol. The zero-order valence-corrected chi connectivity index (χ0v) is 7.37. The lowest BCUT2D eigenvalue weighted by atomic mass is 10.3. The number of carbonyl (C=O) groups excluding carboxylic acids is 1. The van der Waals surface area contributed by atoms with Crippen molar-refractivity contribution in [1.29, 1.82) is 0 Å². The van der Waals surface area contributed by atoms with Crippen molar-refractivity contribution in [1.82, 2.24) is 4.52 Å². The van der Waals surface area contributed by atoms with Crippen molar-refractivity contribution in [2.75, 3.05) is 6.61 Å². The van der Waals surface area contributed by atoms with Crippen LogP contribution in [0, 0.1) is 0 Å². The summed E-state index contributed by atoms with van der Waals surface area (Å²) < 4.78 is 5.90. The number of nitrogens with zero attached hydrogens (tertiary/aromatic N) is 2. The molecule has 1 rings (SSSR count). The van der Waals surface area contributed by atoms with Gasteiger partial charge in [-0.15, -0.1) is 0 Å². The Kier molecular flexibility index (Phi) is 3.12. The van der Waals surface area contributed by atoms with Crippen LogP contribution < -0.4 is 5.84 Å². The lowest BCUT2D eigenvalue weighted by Gasteiger charge is -2.12. The number of hydrazine groups is 1. The van der Waals surface area contributed by atoms with Crippen LogP contribution in [0.25, 0.3) is 0 Å². The van der Waals surface area contributed by atoms with Gasteiger partial charge in [-0.3, -0.25) is 0 Å². The van der Waals surface area contributed by atoms with E-state index in [0.717, 1.165) is 16.5 Å². The van der Waals surface area contributed by atoms with Crippen LogP contribution in [0.15, 0.2) is 16.1 Å². The van der Waals surface area contributed by atoms with Crippen molar-refractivity contribution >= 4 is 24.1 Å². The monoisotopic (exact) mass is 187 g/mol. The third-order valence-electron chi connectivity index (χ3n) is 1.11. The lowest BCUT2D eigenvalue weighted by molar-refractivity contribution is -0.137. The normalized spacial score (nSPS) is 15.8. The Balaban J connectivity index is 2.54. The van der Waals surface area contributed by atoms with E-state index in [1.165, 1.54) is 6.21 Å². The second-order valence-electron chi connectivity index (χ2n) is 1.95. The first-order chi connectivity index (χ1) is 5.74. The number of carbonyl (C=O) groups is 1. The van der Waals surface area contributed by atoms with Gasteiger partial charge >= 0.3 is 5.97 Å². The summed E-state index contributed by atoms with van der Waals surface area (Å²) in [6.07, 6.45) is 1.37. The first-order valence-electron chi connectivity index (χ1n) is 3.37. The summed E-state index contributed by atoms with van der Waals surface area (Å²) in [5.74, 6) is 4.90. The third kappa shape index (κ3) is 2.24. The maximum atomic E-state index is 11.1. The van der Waals surface area contributed by atoms with Crippen LogP contribution in [0.4, 0.5) is 0 Å². The Hall–Kier alpha value is -1.01. The van der Waals surface area contributed by atoms with Crippen LogP contribution in [0.2, 0.25) is 0 Å². The average Bonchev–Trinajstić information content (AvgIpc) is 2.06. The van der Waals surface area contributed by atoms with Crippen LogP contribution in [-0.2, 0) is 9.53 Å². The molecule has 0 atom stereocenters. The Morgan fingerprint density at radius 1 is 1.92 bits per heavy atom. The molecule has 6 heteroatoms. The smallest absolute Gasteiger partial charge is 0.340 e. The van der Waals surface area contributed by atoms with Gasteiger partial charge in [0.05, 0.1) is 18.4 Å². The average molecular weight is 187 g/mol. The molecule has 0 saturated carbocycles. The van der Waals surface area contributed by atoms with E-state index in [-0.39, 0.29) is 5.97 Å². The molecule has 0 saturated heterocycles. The van der Waals surface area contributed by atoms with Gasteiger partial charge in [-0.25, -0.2) is 10.6 Å². The summed E-state index contributed by atoms with van der Waals surface area (Å²) in [7, 11) is 0. The topological polar surface area (TPSA) is 67.9 Å². The van der Waals surface area contributed by atoms with E-state index >= 15 is 0 Å². The molecule has 12 heavy (non-hydrogen) atoms. The van der Waals surface area contributed by atoms with Crippen molar-refractivity contribution in [3.63, 3.8) is 0 Å². The van der Waals surface area contributed by atoms with Crippen molar-refractivity contribution in [2.24, 2.45) is 10.9 Å². The third-order valence-corrected chi connectivity index (χ3v) is 1.78. The first kappa shape index (κ1) is 9.08. The maximum absolute atomic E-state index is 11.1. The molecule has 0 radical (unpaired) electrons. The zero-order chi connectivity index (χ0) is 8.97. The van der Waals surface area contributed by atoms with Crippen LogP contribution in [0.1, 0.15) is 6.92 Å².